The van der Waals surface area contributed by atoms with Gasteiger partial charge in [0.15, 0.2) is 0 Å². The minimum atomic E-state index is 0.417. The SMILES string of the molecule is CC(C)c1ccc(CN2CCN(CC(=O)CCN3C4=CC=CC[C@H]4[C@H]4CCCCC43)CC2)cc1. The summed E-state index contributed by atoms with van der Waals surface area (Å²) in [5.41, 5.74) is 4.33. The number of piperazine rings is 1. The highest BCUT2D eigenvalue weighted by molar-refractivity contribution is 5.80. The lowest BCUT2D eigenvalue weighted by Crippen LogP contribution is -2.47. The number of nitrogens with zero attached hydrogens (tertiary/aromatic N) is 3. The molecule has 2 heterocycles. The summed E-state index contributed by atoms with van der Waals surface area (Å²) in [7, 11) is 0. The van der Waals surface area contributed by atoms with Crippen LogP contribution in [0, 0.1) is 11.8 Å². The van der Waals surface area contributed by atoms with Gasteiger partial charge in [0.2, 0.25) is 0 Å². The van der Waals surface area contributed by atoms with Crippen molar-refractivity contribution in [3.63, 3.8) is 0 Å². The Kier molecular flexibility index (Phi) is 7.55. The Balaban J connectivity index is 1.07. The van der Waals surface area contributed by atoms with E-state index in [0.29, 0.717) is 36.6 Å². The zero-order valence-corrected chi connectivity index (χ0v) is 21.3. The normalized spacial score (nSPS) is 27.6. The van der Waals surface area contributed by atoms with Gasteiger partial charge in [0.05, 0.1) is 6.54 Å². The lowest BCUT2D eigenvalue weighted by Gasteiger charge is -2.35. The molecular formula is C30H43N3O. The highest BCUT2D eigenvalue weighted by atomic mass is 16.1. The first-order chi connectivity index (χ1) is 16.6. The second kappa shape index (κ2) is 10.8. The number of carbonyl (C=O) groups is 1. The second-order valence-corrected chi connectivity index (χ2v) is 11.3. The summed E-state index contributed by atoms with van der Waals surface area (Å²) < 4.78 is 0. The fourth-order valence-electron chi connectivity index (χ4n) is 6.77. The number of likely N-dealkylation sites (tertiary alicyclic amines) is 1. The standard InChI is InChI=1S/C30H43N3O/c1-23(2)25-13-11-24(12-14-25)21-31-17-19-32(20-18-31)22-26(34)15-16-33-29-9-5-3-7-27(29)28-8-4-6-10-30(28)33/h3,5,9,11-14,23,27-28,30H,4,6-8,10,15-22H2,1-2H3/t27-,28+,30?/m0/s1. The molecule has 34 heavy (non-hydrogen) atoms. The molecule has 0 radical (unpaired) electrons. The first-order valence-corrected chi connectivity index (χ1v) is 13.8. The van der Waals surface area contributed by atoms with Crippen LogP contribution in [0.15, 0.2) is 48.2 Å². The zero-order chi connectivity index (χ0) is 23.5. The lowest BCUT2D eigenvalue weighted by atomic mass is 9.77. The van der Waals surface area contributed by atoms with Crippen LogP contribution in [-0.4, -0.2) is 65.8 Å². The number of hydrogen-bond acceptors (Lipinski definition) is 4. The van der Waals surface area contributed by atoms with Gasteiger partial charge in [-0.2, -0.15) is 0 Å². The van der Waals surface area contributed by atoms with E-state index < -0.39 is 0 Å². The average molecular weight is 462 g/mol. The molecule has 3 atom stereocenters. The molecular weight excluding hydrogens is 418 g/mol. The molecule has 0 spiro atoms. The molecule has 0 amide bonds. The Labute approximate surface area is 206 Å². The summed E-state index contributed by atoms with van der Waals surface area (Å²) in [5.74, 6) is 2.53. The molecule has 2 aliphatic heterocycles. The van der Waals surface area contributed by atoms with Crippen LogP contribution in [0.5, 0.6) is 0 Å². The number of fused-ring (bicyclic) bond motifs is 3. The van der Waals surface area contributed by atoms with E-state index in [0.717, 1.165) is 45.2 Å². The van der Waals surface area contributed by atoms with Crippen LogP contribution < -0.4 is 0 Å². The van der Waals surface area contributed by atoms with Gasteiger partial charge in [-0.25, -0.2) is 0 Å². The third kappa shape index (κ3) is 5.33. The van der Waals surface area contributed by atoms with Crippen LogP contribution in [0.4, 0.5) is 0 Å². The van der Waals surface area contributed by atoms with E-state index in [4.69, 9.17) is 0 Å². The molecule has 4 nitrogen and oxygen atoms in total. The largest absolute Gasteiger partial charge is 0.371 e. The maximum Gasteiger partial charge on any atom is 0.148 e. The molecule has 1 saturated carbocycles. The molecule has 5 rings (SSSR count). The number of rotatable bonds is 8. The summed E-state index contributed by atoms with van der Waals surface area (Å²) in [6, 6.07) is 9.78. The number of benzene rings is 1. The Morgan fingerprint density at radius 2 is 1.74 bits per heavy atom. The van der Waals surface area contributed by atoms with Gasteiger partial charge in [0, 0.05) is 63.3 Å². The molecule has 1 aromatic carbocycles. The highest BCUT2D eigenvalue weighted by Gasteiger charge is 2.45. The van der Waals surface area contributed by atoms with Crippen molar-refractivity contribution in [1.82, 2.24) is 14.7 Å². The van der Waals surface area contributed by atoms with Crippen molar-refractivity contribution in [2.24, 2.45) is 11.8 Å². The third-order valence-electron chi connectivity index (χ3n) is 8.75. The molecule has 1 unspecified atom stereocenters. The molecule has 3 fully saturated rings. The molecule has 184 valence electrons. The molecule has 0 bridgehead atoms. The van der Waals surface area contributed by atoms with Gasteiger partial charge in [-0.3, -0.25) is 14.6 Å². The van der Waals surface area contributed by atoms with Crippen molar-refractivity contribution in [1.29, 1.82) is 0 Å². The maximum atomic E-state index is 12.9. The fourth-order valence-corrected chi connectivity index (χ4v) is 6.77. The van der Waals surface area contributed by atoms with Crippen LogP contribution >= 0.6 is 0 Å². The number of ketones is 1. The van der Waals surface area contributed by atoms with Crippen molar-refractivity contribution in [3.05, 3.63) is 59.3 Å². The van der Waals surface area contributed by atoms with Crippen LogP contribution in [0.25, 0.3) is 0 Å². The number of hydrogen-bond donors (Lipinski definition) is 0. The highest BCUT2D eigenvalue weighted by Crippen LogP contribution is 2.48. The first kappa shape index (κ1) is 23.8. The first-order valence-electron chi connectivity index (χ1n) is 13.8. The summed E-state index contributed by atoms with van der Waals surface area (Å²) in [6.45, 7) is 11.2. The summed E-state index contributed by atoms with van der Waals surface area (Å²) in [4.78, 5) is 20.5. The van der Waals surface area contributed by atoms with E-state index in [1.165, 1.54) is 48.9 Å². The topological polar surface area (TPSA) is 26.8 Å². The van der Waals surface area contributed by atoms with Gasteiger partial charge in [0.25, 0.3) is 0 Å². The third-order valence-corrected chi connectivity index (χ3v) is 8.75. The van der Waals surface area contributed by atoms with Crippen LogP contribution in [0.3, 0.4) is 0 Å². The Bertz CT molecular complexity index is 894. The predicted octanol–water partition coefficient (Wildman–Crippen LogP) is 5.22. The quantitative estimate of drug-likeness (QED) is 0.530. The summed E-state index contributed by atoms with van der Waals surface area (Å²) >= 11 is 0. The van der Waals surface area contributed by atoms with Crippen molar-refractivity contribution in [2.75, 3.05) is 39.3 Å². The summed E-state index contributed by atoms with van der Waals surface area (Å²) in [5, 5.41) is 0. The Morgan fingerprint density at radius 1 is 1.00 bits per heavy atom. The summed E-state index contributed by atoms with van der Waals surface area (Å²) in [6.07, 6.45) is 14.2. The Morgan fingerprint density at radius 3 is 2.50 bits per heavy atom. The molecule has 4 heteroatoms. The number of allylic oxidation sites excluding steroid dienone is 4. The van der Waals surface area contributed by atoms with Crippen LogP contribution in [-0.2, 0) is 11.3 Å². The predicted molar refractivity (Wildman–Crippen MR) is 140 cm³/mol. The second-order valence-electron chi connectivity index (χ2n) is 11.3. The van der Waals surface area contributed by atoms with E-state index in [2.05, 4.69) is 71.0 Å². The van der Waals surface area contributed by atoms with Crippen molar-refractivity contribution >= 4 is 5.78 Å². The number of carbonyl (C=O) groups excluding carboxylic acids is 1. The van der Waals surface area contributed by atoms with Gasteiger partial charge in [-0.1, -0.05) is 63.1 Å². The molecule has 2 saturated heterocycles. The molecule has 2 aliphatic carbocycles. The van der Waals surface area contributed by atoms with Gasteiger partial charge >= 0.3 is 0 Å². The van der Waals surface area contributed by atoms with E-state index in [-0.39, 0.29) is 0 Å². The molecule has 0 aromatic heterocycles. The van der Waals surface area contributed by atoms with Crippen molar-refractivity contribution < 1.29 is 4.79 Å². The molecule has 1 aromatic rings. The monoisotopic (exact) mass is 461 g/mol. The lowest BCUT2D eigenvalue weighted by molar-refractivity contribution is -0.121. The van der Waals surface area contributed by atoms with Gasteiger partial charge < -0.3 is 4.90 Å². The van der Waals surface area contributed by atoms with Gasteiger partial charge in [0.1, 0.15) is 5.78 Å². The van der Waals surface area contributed by atoms with Crippen molar-refractivity contribution in [3.8, 4) is 0 Å². The smallest absolute Gasteiger partial charge is 0.148 e. The van der Waals surface area contributed by atoms with E-state index in [9.17, 15) is 4.79 Å². The zero-order valence-electron chi connectivity index (χ0n) is 21.3. The van der Waals surface area contributed by atoms with Crippen LogP contribution in [0.2, 0.25) is 0 Å². The molecule has 4 aliphatic rings. The minimum absolute atomic E-state index is 0.417. The van der Waals surface area contributed by atoms with E-state index >= 15 is 0 Å². The minimum Gasteiger partial charge on any atom is -0.371 e. The molecule has 0 N–H and O–H groups in total. The van der Waals surface area contributed by atoms with E-state index in [1.54, 1.807) is 0 Å². The fraction of sp³-hybridized carbons (Fsp3) is 0.633. The van der Waals surface area contributed by atoms with Gasteiger partial charge in [-0.15, -0.1) is 0 Å². The number of Topliss-reactive ketones (excluding diaryl/α,β-unsaturated/α-hetero) is 1. The van der Waals surface area contributed by atoms with Crippen LogP contribution in [0.1, 0.15) is 69.4 Å². The van der Waals surface area contributed by atoms with E-state index in [1.807, 2.05) is 0 Å². The Hall–Kier alpha value is -1.91. The average Bonchev–Trinajstić information content (AvgIpc) is 3.18. The van der Waals surface area contributed by atoms with Crippen molar-refractivity contribution in [2.45, 2.75) is 70.9 Å². The maximum absolute atomic E-state index is 12.9. The van der Waals surface area contributed by atoms with Gasteiger partial charge in [-0.05, 0) is 48.3 Å².